The van der Waals surface area contributed by atoms with Gasteiger partial charge in [-0.2, -0.15) is 0 Å². The standard InChI is InChI=1S/C13H17N3O4/c1-9-6-10(16(18)19)2-3-11(9)20-8-13(4-5-13)7-12(14)15-17/h2-3,6,17H,4-5,7-8H2,1H3,(H2,14,15). The number of aryl methyl sites for hydroxylation is 1. The van der Waals surface area contributed by atoms with Crippen LogP contribution in [-0.4, -0.2) is 22.6 Å². The predicted octanol–water partition coefficient (Wildman–Crippen LogP) is 2.20. The Morgan fingerprint density at radius 1 is 1.60 bits per heavy atom. The molecular weight excluding hydrogens is 262 g/mol. The van der Waals surface area contributed by atoms with E-state index in [2.05, 4.69) is 5.16 Å². The molecule has 1 aliphatic carbocycles. The van der Waals surface area contributed by atoms with Gasteiger partial charge in [0.15, 0.2) is 0 Å². The van der Waals surface area contributed by atoms with Crippen LogP contribution in [0.2, 0.25) is 0 Å². The van der Waals surface area contributed by atoms with Crippen molar-refractivity contribution in [3.63, 3.8) is 0 Å². The number of nitro groups is 1. The van der Waals surface area contributed by atoms with Gasteiger partial charge in [0.1, 0.15) is 11.6 Å². The van der Waals surface area contributed by atoms with Gasteiger partial charge in [-0.3, -0.25) is 10.1 Å². The molecule has 0 aliphatic heterocycles. The second kappa shape index (κ2) is 5.36. The van der Waals surface area contributed by atoms with Gasteiger partial charge in [0.25, 0.3) is 5.69 Å². The van der Waals surface area contributed by atoms with Crippen molar-refractivity contribution >= 4 is 11.5 Å². The molecule has 0 spiro atoms. The third kappa shape index (κ3) is 3.17. The normalized spacial score (nSPS) is 16.8. The van der Waals surface area contributed by atoms with E-state index >= 15 is 0 Å². The smallest absolute Gasteiger partial charge is 0.269 e. The van der Waals surface area contributed by atoms with E-state index in [0.29, 0.717) is 18.8 Å². The summed E-state index contributed by atoms with van der Waals surface area (Å²) in [6.07, 6.45) is 2.43. The molecule has 0 amide bonds. The van der Waals surface area contributed by atoms with Crippen LogP contribution in [0.4, 0.5) is 5.69 Å². The first-order chi connectivity index (χ1) is 9.46. The van der Waals surface area contributed by atoms with Crippen molar-refractivity contribution in [1.29, 1.82) is 0 Å². The van der Waals surface area contributed by atoms with E-state index in [1.165, 1.54) is 12.1 Å². The Labute approximate surface area is 116 Å². The second-order valence-electron chi connectivity index (χ2n) is 5.26. The number of nitrogens with two attached hydrogens (primary N) is 1. The van der Waals surface area contributed by atoms with E-state index in [1.807, 2.05) is 0 Å². The minimum atomic E-state index is -0.433. The summed E-state index contributed by atoms with van der Waals surface area (Å²) in [4.78, 5) is 10.2. The number of non-ortho nitro benzene ring substituents is 1. The van der Waals surface area contributed by atoms with E-state index in [4.69, 9.17) is 15.7 Å². The molecule has 3 N–H and O–H groups in total. The number of oxime groups is 1. The molecule has 2 rings (SSSR count). The first-order valence-electron chi connectivity index (χ1n) is 6.30. The van der Waals surface area contributed by atoms with Gasteiger partial charge in [-0.1, -0.05) is 5.16 Å². The number of hydrogen-bond acceptors (Lipinski definition) is 5. The molecule has 0 aromatic heterocycles. The molecule has 7 nitrogen and oxygen atoms in total. The van der Waals surface area contributed by atoms with Gasteiger partial charge in [0, 0.05) is 24.0 Å². The summed E-state index contributed by atoms with van der Waals surface area (Å²) in [7, 11) is 0. The molecule has 0 atom stereocenters. The maximum Gasteiger partial charge on any atom is 0.269 e. The fourth-order valence-corrected chi connectivity index (χ4v) is 2.11. The van der Waals surface area contributed by atoms with Crippen molar-refractivity contribution in [1.82, 2.24) is 0 Å². The molecule has 0 radical (unpaired) electrons. The van der Waals surface area contributed by atoms with Crippen LogP contribution in [-0.2, 0) is 0 Å². The quantitative estimate of drug-likeness (QED) is 0.272. The topological polar surface area (TPSA) is 111 Å². The van der Waals surface area contributed by atoms with Crippen LogP contribution in [0.1, 0.15) is 24.8 Å². The molecular formula is C13H17N3O4. The lowest BCUT2D eigenvalue weighted by atomic mass is 10.0. The summed E-state index contributed by atoms with van der Waals surface area (Å²) in [5.74, 6) is 0.827. The van der Waals surface area contributed by atoms with E-state index in [9.17, 15) is 10.1 Å². The Kier molecular flexibility index (Phi) is 3.78. The van der Waals surface area contributed by atoms with Gasteiger partial charge in [0.2, 0.25) is 0 Å². The Bertz CT molecular complexity index is 553. The van der Waals surface area contributed by atoms with Gasteiger partial charge in [-0.25, -0.2) is 0 Å². The SMILES string of the molecule is Cc1cc([N+](=O)[O-])ccc1OCC1(C/C(N)=N/O)CC1. The van der Waals surface area contributed by atoms with Crippen LogP contribution in [0.15, 0.2) is 23.4 Å². The van der Waals surface area contributed by atoms with Crippen molar-refractivity contribution < 1.29 is 14.9 Å². The molecule has 7 heteroatoms. The lowest BCUT2D eigenvalue weighted by Gasteiger charge is -2.16. The predicted molar refractivity (Wildman–Crippen MR) is 73.0 cm³/mol. The molecule has 0 heterocycles. The Balaban J connectivity index is 1.99. The van der Waals surface area contributed by atoms with Crippen molar-refractivity contribution in [2.24, 2.45) is 16.3 Å². The average Bonchev–Trinajstić information content (AvgIpc) is 3.17. The van der Waals surface area contributed by atoms with Crippen molar-refractivity contribution in [2.75, 3.05) is 6.61 Å². The summed E-state index contributed by atoms with van der Waals surface area (Å²) < 4.78 is 5.73. The average molecular weight is 279 g/mol. The Morgan fingerprint density at radius 2 is 2.30 bits per heavy atom. The van der Waals surface area contributed by atoms with Gasteiger partial charge >= 0.3 is 0 Å². The monoisotopic (exact) mass is 279 g/mol. The molecule has 1 fully saturated rings. The maximum atomic E-state index is 10.7. The van der Waals surface area contributed by atoms with Crippen LogP contribution in [0.3, 0.4) is 0 Å². The number of nitrogens with zero attached hydrogens (tertiary/aromatic N) is 2. The zero-order valence-corrected chi connectivity index (χ0v) is 11.2. The van der Waals surface area contributed by atoms with Crippen LogP contribution in [0, 0.1) is 22.5 Å². The molecule has 1 saturated carbocycles. The van der Waals surface area contributed by atoms with E-state index < -0.39 is 4.92 Å². The molecule has 1 aromatic carbocycles. The van der Waals surface area contributed by atoms with E-state index in [-0.39, 0.29) is 16.9 Å². The van der Waals surface area contributed by atoms with Gasteiger partial charge in [0.05, 0.1) is 11.5 Å². The molecule has 1 aromatic rings. The van der Waals surface area contributed by atoms with E-state index in [0.717, 1.165) is 18.4 Å². The zero-order chi connectivity index (χ0) is 14.8. The minimum Gasteiger partial charge on any atom is -0.493 e. The van der Waals surface area contributed by atoms with E-state index in [1.54, 1.807) is 13.0 Å². The molecule has 1 aliphatic rings. The van der Waals surface area contributed by atoms with Gasteiger partial charge < -0.3 is 15.7 Å². The molecule has 20 heavy (non-hydrogen) atoms. The number of rotatable bonds is 6. The summed E-state index contributed by atoms with van der Waals surface area (Å²) in [6.45, 7) is 2.23. The number of hydrogen-bond donors (Lipinski definition) is 2. The van der Waals surface area contributed by atoms with Crippen molar-refractivity contribution in [2.45, 2.75) is 26.2 Å². The Hall–Kier alpha value is -2.31. The highest BCUT2D eigenvalue weighted by Crippen LogP contribution is 2.49. The molecule has 0 unspecified atom stereocenters. The fourth-order valence-electron chi connectivity index (χ4n) is 2.11. The first-order valence-corrected chi connectivity index (χ1v) is 6.30. The van der Waals surface area contributed by atoms with Crippen LogP contribution in [0.5, 0.6) is 5.75 Å². The number of benzene rings is 1. The third-order valence-corrected chi connectivity index (χ3v) is 3.54. The molecule has 108 valence electrons. The summed E-state index contributed by atoms with van der Waals surface area (Å²) in [5.41, 5.74) is 6.23. The van der Waals surface area contributed by atoms with Gasteiger partial charge in [-0.05, 0) is 31.4 Å². The zero-order valence-electron chi connectivity index (χ0n) is 11.2. The highest BCUT2D eigenvalue weighted by Gasteiger charge is 2.44. The molecule has 0 saturated heterocycles. The summed E-state index contributed by atoms with van der Waals surface area (Å²) >= 11 is 0. The Morgan fingerprint density at radius 3 is 2.80 bits per heavy atom. The lowest BCUT2D eigenvalue weighted by Crippen LogP contribution is -2.22. The highest BCUT2D eigenvalue weighted by atomic mass is 16.6. The first kappa shape index (κ1) is 14.1. The van der Waals surface area contributed by atoms with Crippen molar-refractivity contribution in [3.05, 3.63) is 33.9 Å². The summed E-state index contributed by atoms with van der Waals surface area (Å²) in [5, 5.41) is 22.2. The maximum absolute atomic E-state index is 10.7. The second-order valence-corrected chi connectivity index (χ2v) is 5.26. The minimum absolute atomic E-state index is 0.0487. The molecule has 0 bridgehead atoms. The fraction of sp³-hybridized carbons (Fsp3) is 0.462. The summed E-state index contributed by atoms with van der Waals surface area (Å²) in [6, 6.07) is 4.51. The highest BCUT2D eigenvalue weighted by molar-refractivity contribution is 5.80. The largest absolute Gasteiger partial charge is 0.493 e. The van der Waals surface area contributed by atoms with Gasteiger partial charge in [-0.15, -0.1) is 0 Å². The number of amidine groups is 1. The lowest BCUT2D eigenvalue weighted by molar-refractivity contribution is -0.384. The van der Waals surface area contributed by atoms with Crippen LogP contribution < -0.4 is 10.5 Å². The third-order valence-electron chi connectivity index (χ3n) is 3.54. The van der Waals surface area contributed by atoms with Crippen LogP contribution in [0.25, 0.3) is 0 Å². The number of nitro benzene ring substituents is 1. The number of ether oxygens (including phenoxy) is 1. The van der Waals surface area contributed by atoms with Crippen molar-refractivity contribution in [3.8, 4) is 5.75 Å². The van der Waals surface area contributed by atoms with Crippen LogP contribution >= 0.6 is 0 Å².